The summed E-state index contributed by atoms with van der Waals surface area (Å²) in [5.41, 5.74) is 1.22. The molecule has 6 nitrogen and oxygen atoms in total. The molecule has 0 unspecified atom stereocenters. The molecule has 0 fully saturated rings. The number of aryl methyl sites for hydroxylation is 2. The number of H-pyrrole nitrogens is 1. The second kappa shape index (κ2) is 6.21. The summed E-state index contributed by atoms with van der Waals surface area (Å²) in [6.45, 7) is 3.42. The molecule has 0 aliphatic rings. The molecule has 1 amide bonds. The maximum Gasteiger partial charge on any atom is 0.254 e. The average Bonchev–Trinajstić information content (AvgIpc) is 2.43. The van der Waals surface area contributed by atoms with Crippen LogP contribution in [0.2, 0.25) is 0 Å². The number of hydrogen-bond acceptors (Lipinski definition) is 4. The molecule has 110 valence electrons. The molecule has 0 saturated carbocycles. The van der Waals surface area contributed by atoms with Crippen molar-refractivity contribution in [2.24, 2.45) is 0 Å². The zero-order chi connectivity index (χ0) is 15.4. The quantitative estimate of drug-likeness (QED) is 0.894. The van der Waals surface area contributed by atoms with E-state index in [-0.39, 0.29) is 17.9 Å². The number of rotatable bonds is 4. The van der Waals surface area contributed by atoms with E-state index in [0.29, 0.717) is 28.5 Å². The standard InChI is InChI=1S/C15H17N3O3/c1-9-11(15(20)17-10(2)16-9)8-14(19)18-12-6-4-5-7-13(12)21-3/h4-7H,8H2,1-3H3,(H,18,19)(H,16,17,20). The van der Waals surface area contributed by atoms with Crippen LogP contribution in [0, 0.1) is 13.8 Å². The number of aromatic amines is 1. The number of benzene rings is 1. The maximum atomic E-state index is 12.1. The molecule has 0 aliphatic heterocycles. The summed E-state index contributed by atoms with van der Waals surface area (Å²) >= 11 is 0. The SMILES string of the molecule is COc1ccccc1NC(=O)Cc1c(C)nc(C)[nH]c1=O. The molecule has 2 aromatic rings. The number of aromatic nitrogens is 2. The van der Waals surface area contributed by atoms with Gasteiger partial charge in [0.1, 0.15) is 11.6 Å². The molecule has 1 aromatic heterocycles. The van der Waals surface area contributed by atoms with E-state index in [0.717, 1.165) is 0 Å². The van der Waals surface area contributed by atoms with Crippen molar-refractivity contribution in [1.82, 2.24) is 9.97 Å². The van der Waals surface area contributed by atoms with E-state index in [1.165, 1.54) is 7.11 Å². The summed E-state index contributed by atoms with van der Waals surface area (Å²) in [4.78, 5) is 30.7. The van der Waals surface area contributed by atoms with Crippen LogP contribution >= 0.6 is 0 Å². The van der Waals surface area contributed by atoms with Crippen LogP contribution in [0.25, 0.3) is 0 Å². The van der Waals surface area contributed by atoms with E-state index < -0.39 is 0 Å². The van der Waals surface area contributed by atoms with Gasteiger partial charge in [-0.05, 0) is 26.0 Å². The molecule has 6 heteroatoms. The predicted molar refractivity (Wildman–Crippen MR) is 79.7 cm³/mol. The number of methoxy groups -OCH3 is 1. The van der Waals surface area contributed by atoms with Gasteiger partial charge in [0, 0.05) is 11.3 Å². The van der Waals surface area contributed by atoms with Gasteiger partial charge in [0.25, 0.3) is 5.56 Å². The lowest BCUT2D eigenvalue weighted by molar-refractivity contribution is -0.115. The highest BCUT2D eigenvalue weighted by Gasteiger charge is 2.13. The first kappa shape index (κ1) is 14.8. The number of carbonyl (C=O) groups excluding carboxylic acids is 1. The molecule has 0 radical (unpaired) electrons. The monoisotopic (exact) mass is 287 g/mol. The number of hydrogen-bond donors (Lipinski definition) is 2. The van der Waals surface area contributed by atoms with Crippen molar-refractivity contribution >= 4 is 11.6 Å². The lowest BCUT2D eigenvalue weighted by Gasteiger charge is -2.10. The van der Waals surface area contributed by atoms with Gasteiger partial charge in [-0.25, -0.2) is 4.98 Å². The number of anilines is 1. The minimum absolute atomic E-state index is 0.0352. The molecule has 0 spiro atoms. The van der Waals surface area contributed by atoms with E-state index in [1.807, 2.05) is 6.07 Å². The van der Waals surface area contributed by atoms with Crippen LogP contribution in [0.3, 0.4) is 0 Å². The van der Waals surface area contributed by atoms with Crippen molar-refractivity contribution in [3.63, 3.8) is 0 Å². The van der Waals surface area contributed by atoms with Crippen molar-refractivity contribution in [3.05, 3.63) is 51.7 Å². The van der Waals surface area contributed by atoms with Gasteiger partial charge in [0.2, 0.25) is 5.91 Å². The molecule has 1 aromatic carbocycles. The second-order valence-corrected chi connectivity index (χ2v) is 4.64. The highest BCUT2D eigenvalue weighted by atomic mass is 16.5. The molecular formula is C15H17N3O3. The van der Waals surface area contributed by atoms with E-state index in [9.17, 15) is 9.59 Å². The minimum atomic E-state index is -0.293. The Balaban J connectivity index is 2.18. The summed E-state index contributed by atoms with van der Waals surface area (Å²) in [6.07, 6.45) is -0.0352. The van der Waals surface area contributed by atoms with E-state index in [4.69, 9.17) is 4.74 Å². The fourth-order valence-corrected chi connectivity index (χ4v) is 2.06. The minimum Gasteiger partial charge on any atom is -0.495 e. The molecule has 21 heavy (non-hydrogen) atoms. The Morgan fingerprint density at radius 3 is 2.71 bits per heavy atom. The Kier molecular flexibility index (Phi) is 4.37. The van der Waals surface area contributed by atoms with Crippen LogP contribution in [-0.2, 0) is 11.2 Å². The van der Waals surface area contributed by atoms with Crippen molar-refractivity contribution in [2.75, 3.05) is 12.4 Å². The number of ether oxygens (including phenoxy) is 1. The Hall–Kier alpha value is -2.63. The van der Waals surface area contributed by atoms with Gasteiger partial charge in [-0.2, -0.15) is 0 Å². The third kappa shape index (κ3) is 3.47. The first-order valence-corrected chi connectivity index (χ1v) is 6.50. The Morgan fingerprint density at radius 1 is 1.33 bits per heavy atom. The molecule has 0 aliphatic carbocycles. The van der Waals surface area contributed by atoms with Crippen molar-refractivity contribution < 1.29 is 9.53 Å². The zero-order valence-electron chi connectivity index (χ0n) is 12.2. The van der Waals surface area contributed by atoms with Crippen LogP contribution in [0.4, 0.5) is 5.69 Å². The number of amides is 1. The van der Waals surface area contributed by atoms with Gasteiger partial charge < -0.3 is 15.0 Å². The van der Waals surface area contributed by atoms with Gasteiger partial charge in [-0.3, -0.25) is 9.59 Å². The Labute approximate surface area is 122 Å². The summed E-state index contributed by atoms with van der Waals surface area (Å²) in [5.74, 6) is 0.809. The molecule has 0 bridgehead atoms. The summed E-state index contributed by atoms with van der Waals surface area (Å²) in [6, 6.07) is 7.10. The molecule has 1 heterocycles. The van der Waals surface area contributed by atoms with Gasteiger partial charge in [0.15, 0.2) is 0 Å². The van der Waals surface area contributed by atoms with Crippen molar-refractivity contribution in [1.29, 1.82) is 0 Å². The van der Waals surface area contributed by atoms with Crippen molar-refractivity contribution in [2.45, 2.75) is 20.3 Å². The normalized spacial score (nSPS) is 10.2. The van der Waals surface area contributed by atoms with Gasteiger partial charge >= 0.3 is 0 Å². The third-order valence-corrected chi connectivity index (χ3v) is 3.06. The van der Waals surface area contributed by atoms with Gasteiger partial charge in [0.05, 0.1) is 19.2 Å². The number of nitrogens with one attached hydrogen (secondary N) is 2. The average molecular weight is 287 g/mol. The smallest absolute Gasteiger partial charge is 0.254 e. The summed E-state index contributed by atoms with van der Waals surface area (Å²) in [5, 5.41) is 2.73. The lowest BCUT2D eigenvalue weighted by atomic mass is 10.1. The van der Waals surface area contributed by atoms with Crippen LogP contribution in [0.15, 0.2) is 29.1 Å². The molecule has 2 N–H and O–H groups in total. The lowest BCUT2D eigenvalue weighted by Crippen LogP contribution is -2.24. The zero-order valence-corrected chi connectivity index (χ0v) is 12.2. The second-order valence-electron chi connectivity index (χ2n) is 4.64. The third-order valence-electron chi connectivity index (χ3n) is 3.06. The summed E-state index contributed by atoms with van der Waals surface area (Å²) < 4.78 is 5.16. The van der Waals surface area contributed by atoms with Gasteiger partial charge in [-0.15, -0.1) is 0 Å². The highest BCUT2D eigenvalue weighted by Crippen LogP contribution is 2.23. The molecular weight excluding hydrogens is 270 g/mol. The van der Waals surface area contributed by atoms with Crippen LogP contribution in [-0.4, -0.2) is 23.0 Å². The molecule has 0 atom stereocenters. The van der Waals surface area contributed by atoms with E-state index in [2.05, 4.69) is 15.3 Å². The van der Waals surface area contributed by atoms with Gasteiger partial charge in [-0.1, -0.05) is 12.1 Å². The van der Waals surface area contributed by atoms with Crippen LogP contribution in [0.1, 0.15) is 17.1 Å². The predicted octanol–water partition coefficient (Wildman–Crippen LogP) is 1.58. The highest BCUT2D eigenvalue weighted by molar-refractivity contribution is 5.93. The first-order valence-electron chi connectivity index (χ1n) is 6.50. The number of nitrogens with zero attached hydrogens (tertiary/aromatic N) is 1. The summed E-state index contributed by atoms with van der Waals surface area (Å²) in [7, 11) is 1.53. The fourth-order valence-electron chi connectivity index (χ4n) is 2.06. The fraction of sp³-hybridized carbons (Fsp3) is 0.267. The number of carbonyl (C=O) groups is 1. The Morgan fingerprint density at radius 2 is 2.05 bits per heavy atom. The number of para-hydroxylation sites is 2. The Bertz CT molecular complexity index is 722. The largest absolute Gasteiger partial charge is 0.495 e. The molecule has 0 saturated heterocycles. The van der Waals surface area contributed by atoms with E-state index in [1.54, 1.807) is 32.0 Å². The topological polar surface area (TPSA) is 84.1 Å². The van der Waals surface area contributed by atoms with Crippen LogP contribution < -0.4 is 15.6 Å². The molecule has 2 rings (SSSR count). The van der Waals surface area contributed by atoms with E-state index >= 15 is 0 Å². The van der Waals surface area contributed by atoms with Crippen LogP contribution in [0.5, 0.6) is 5.75 Å². The maximum absolute atomic E-state index is 12.1. The van der Waals surface area contributed by atoms with Crippen molar-refractivity contribution in [3.8, 4) is 5.75 Å². The first-order chi connectivity index (χ1) is 10.0.